The first-order chi connectivity index (χ1) is 22.0. The summed E-state index contributed by atoms with van der Waals surface area (Å²) in [6, 6.07) is -1.10. The van der Waals surface area contributed by atoms with Crippen LogP contribution in [0.4, 0.5) is 0 Å². The molecule has 2 amide bonds. The maximum Gasteiger partial charge on any atom is 0.268 e. The topological polar surface area (TPSA) is 117 Å². The van der Waals surface area contributed by atoms with Gasteiger partial charge in [-0.15, -0.1) is 0 Å². The van der Waals surface area contributed by atoms with E-state index in [1.165, 1.54) is 109 Å². The number of hydrogen-bond acceptors (Lipinski definition) is 6. The van der Waals surface area contributed by atoms with Crippen molar-refractivity contribution in [3.8, 4) is 0 Å². The highest BCUT2D eigenvalue weighted by molar-refractivity contribution is 7.45. The van der Waals surface area contributed by atoms with Crippen LogP contribution in [0.2, 0.25) is 0 Å². The summed E-state index contributed by atoms with van der Waals surface area (Å²) in [7, 11) is 1.18. The van der Waals surface area contributed by atoms with Crippen molar-refractivity contribution in [3.63, 3.8) is 0 Å². The number of amides is 2. The van der Waals surface area contributed by atoms with Crippen molar-refractivity contribution in [1.29, 1.82) is 0 Å². The molecule has 9 nitrogen and oxygen atoms in total. The third-order valence-electron chi connectivity index (χ3n) is 8.40. The summed E-state index contributed by atoms with van der Waals surface area (Å²) in [5.41, 5.74) is 0. The van der Waals surface area contributed by atoms with E-state index < -0.39 is 26.4 Å². The lowest BCUT2D eigenvalue weighted by Crippen LogP contribution is -2.49. The monoisotopic (exact) mass is 676 g/mol. The van der Waals surface area contributed by atoms with Crippen molar-refractivity contribution in [2.75, 3.05) is 47.4 Å². The van der Waals surface area contributed by atoms with Gasteiger partial charge < -0.3 is 29.1 Å². The Hall–Kier alpha value is -0.990. The Kier molecular flexibility index (Phi) is 29.4. The number of phosphoric ester groups is 1. The molecular formula is C36H74N3O6P. The molecule has 0 aromatic heterocycles. The molecule has 10 heteroatoms. The molecule has 0 bridgehead atoms. The Labute approximate surface area is 283 Å². The van der Waals surface area contributed by atoms with Crippen LogP contribution < -0.4 is 15.5 Å². The molecule has 0 heterocycles. The summed E-state index contributed by atoms with van der Waals surface area (Å²) in [6.45, 7) is 4.93. The van der Waals surface area contributed by atoms with Gasteiger partial charge in [0.05, 0.1) is 27.7 Å². The Balaban J connectivity index is 4.46. The molecule has 0 aliphatic carbocycles. The number of unbranched alkanes of at least 4 members (excludes halogenated alkanes) is 21. The van der Waals surface area contributed by atoms with E-state index in [2.05, 4.69) is 24.5 Å². The number of nitrogens with zero attached hydrogens (tertiary/aromatic N) is 1. The van der Waals surface area contributed by atoms with E-state index in [4.69, 9.17) is 9.05 Å². The number of quaternary nitrogens is 1. The second kappa shape index (κ2) is 30.1. The van der Waals surface area contributed by atoms with Gasteiger partial charge in [-0.1, -0.05) is 149 Å². The molecule has 0 aliphatic heterocycles. The highest BCUT2D eigenvalue weighted by Crippen LogP contribution is 2.38. The van der Waals surface area contributed by atoms with Crippen LogP contribution in [0.3, 0.4) is 0 Å². The van der Waals surface area contributed by atoms with Crippen LogP contribution >= 0.6 is 7.82 Å². The first-order valence-electron chi connectivity index (χ1n) is 19.0. The van der Waals surface area contributed by atoms with Crippen LogP contribution in [0.5, 0.6) is 0 Å². The lowest BCUT2D eigenvalue weighted by atomic mass is 10.1. The van der Waals surface area contributed by atoms with Crippen molar-refractivity contribution in [2.24, 2.45) is 0 Å². The third-order valence-corrected chi connectivity index (χ3v) is 9.36. The van der Waals surface area contributed by atoms with Crippen LogP contribution in [0.15, 0.2) is 0 Å². The van der Waals surface area contributed by atoms with Gasteiger partial charge in [-0.05, 0) is 12.8 Å². The highest BCUT2D eigenvalue weighted by Gasteiger charge is 2.24. The fourth-order valence-corrected chi connectivity index (χ4v) is 6.04. The average molecular weight is 676 g/mol. The quantitative estimate of drug-likeness (QED) is 0.0404. The average Bonchev–Trinajstić information content (AvgIpc) is 2.99. The van der Waals surface area contributed by atoms with Crippen LogP contribution in [0.25, 0.3) is 0 Å². The maximum absolute atomic E-state index is 13.0. The minimum Gasteiger partial charge on any atom is -0.756 e. The minimum absolute atomic E-state index is 0.0225. The largest absolute Gasteiger partial charge is 0.756 e. The molecular weight excluding hydrogens is 601 g/mol. The molecule has 0 saturated heterocycles. The molecule has 0 aromatic rings. The number of phosphoric acid groups is 1. The zero-order valence-corrected chi connectivity index (χ0v) is 31.6. The van der Waals surface area contributed by atoms with Crippen molar-refractivity contribution in [2.45, 2.75) is 174 Å². The summed E-state index contributed by atoms with van der Waals surface area (Å²) < 4.78 is 22.9. The van der Waals surface area contributed by atoms with Gasteiger partial charge in [-0.25, -0.2) is 0 Å². The number of hydrogen-bond donors (Lipinski definition) is 2. The smallest absolute Gasteiger partial charge is 0.268 e. The molecule has 0 aromatic carbocycles. The maximum atomic E-state index is 13.0. The van der Waals surface area contributed by atoms with E-state index in [1.54, 1.807) is 0 Å². The Morgan fingerprint density at radius 1 is 0.652 bits per heavy atom. The predicted molar refractivity (Wildman–Crippen MR) is 190 cm³/mol. The van der Waals surface area contributed by atoms with Gasteiger partial charge in [0.15, 0.2) is 0 Å². The third kappa shape index (κ3) is 31.6. The van der Waals surface area contributed by atoms with Gasteiger partial charge in [0.2, 0.25) is 11.8 Å². The van der Waals surface area contributed by atoms with E-state index >= 15 is 0 Å². The van der Waals surface area contributed by atoms with Gasteiger partial charge >= 0.3 is 0 Å². The molecule has 2 unspecified atom stereocenters. The normalized spacial score (nSPS) is 13.8. The summed E-state index contributed by atoms with van der Waals surface area (Å²) >= 11 is 0. The number of nitrogens with one attached hydrogen (secondary N) is 2. The molecule has 0 aliphatic rings. The summed E-state index contributed by atoms with van der Waals surface area (Å²) in [5.74, 6) is -0.696. The lowest BCUT2D eigenvalue weighted by molar-refractivity contribution is -0.870. The minimum atomic E-state index is -4.62. The fourth-order valence-electron chi connectivity index (χ4n) is 5.33. The molecule has 274 valence electrons. The van der Waals surface area contributed by atoms with Crippen molar-refractivity contribution in [3.05, 3.63) is 0 Å². The van der Waals surface area contributed by atoms with Crippen molar-refractivity contribution < 1.29 is 32.6 Å². The SMILES string of the molecule is CCCCCCCCCCCCCCNC(=O)C(COP(=O)([O-])OCC[N+](C)(C)C)NC(=O)CCCCCCCCCCCCC. The number of rotatable bonds is 34. The second-order valence-corrected chi connectivity index (χ2v) is 15.6. The van der Waals surface area contributed by atoms with E-state index in [-0.39, 0.29) is 12.5 Å². The lowest BCUT2D eigenvalue weighted by Gasteiger charge is -2.28. The Bertz CT molecular complexity index is 777. The zero-order chi connectivity index (χ0) is 34.4. The van der Waals surface area contributed by atoms with Gasteiger partial charge in [-0.3, -0.25) is 14.2 Å². The molecule has 0 rings (SSSR count). The predicted octanol–water partition coefficient (Wildman–Crippen LogP) is 8.20. The summed E-state index contributed by atoms with van der Waals surface area (Å²) in [4.78, 5) is 38.0. The first kappa shape index (κ1) is 45.0. The van der Waals surface area contributed by atoms with Crippen LogP contribution in [0.1, 0.15) is 168 Å². The van der Waals surface area contributed by atoms with Gasteiger partial charge in [0, 0.05) is 13.0 Å². The van der Waals surface area contributed by atoms with Crippen molar-refractivity contribution in [1.82, 2.24) is 10.6 Å². The fraction of sp³-hybridized carbons (Fsp3) is 0.944. The van der Waals surface area contributed by atoms with Crippen molar-refractivity contribution >= 4 is 19.6 Å². The number of likely N-dealkylation sites (N-methyl/N-ethyl adjacent to an activating group) is 1. The molecule has 0 saturated carbocycles. The van der Waals surface area contributed by atoms with Gasteiger partial charge in [0.1, 0.15) is 19.2 Å². The van der Waals surface area contributed by atoms with Gasteiger partial charge in [0.25, 0.3) is 7.82 Å². The molecule has 2 N–H and O–H groups in total. The summed E-state index contributed by atoms with van der Waals surface area (Å²) in [6.07, 6.45) is 28.2. The Morgan fingerprint density at radius 2 is 1.07 bits per heavy atom. The van der Waals surface area contributed by atoms with E-state index in [0.717, 1.165) is 38.5 Å². The highest BCUT2D eigenvalue weighted by atomic mass is 31.2. The van der Waals surface area contributed by atoms with E-state index in [1.807, 2.05) is 21.1 Å². The van der Waals surface area contributed by atoms with E-state index in [0.29, 0.717) is 24.0 Å². The second-order valence-electron chi connectivity index (χ2n) is 14.2. The van der Waals surface area contributed by atoms with E-state index in [9.17, 15) is 19.0 Å². The van der Waals surface area contributed by atoms with Crippen LogP contribution in [-0.2, 0) is 23.2 Å². The number of carbonyl (C=O) groups excluding carboxylic acids is 2. The first-order valence-corrected chi connectivity index (χ1v) is 20.4. The van der Waals surface area contributed by atoms with Crippen LogP contribution in [-0.4, -0.2) is 69.8 Å². The van der Waals surface area contributed by atoms with Gasteiger partial charge in [-0.2, -0.15) is 0 Å². The number of carbonyl (C=O) groups is 2. The Morgan fingerprint density at radius 3 is 1.50 bits per heavy atom. The zero-order valence-electron chi connectivity index (χ0n) is 30.7. The summed E-state index contributed by atoms with van der Waals surface area (Å²) in [5, 5.41) is 5.57. The van der Waals surface area contributed by atoms with Crippen LogP contribution in [0, 0.1) is 0 Å². The molecule has 2 atom stereocenters. The molecule has 0 spiro atoms. The molecule has 0 fully saturated rings. The molecule has 46 heavy (non-hydrogen) atoms. The standard InChI is InChI=1S/C36H74N3O6P/c1-6-8-10-12-14-16-18-20-22-24-26-28-30-37-36(41)34(33-45-46(42,43)44-32-31-39(3,4)5)38-35(40)29-27-25-23-21-19-17-15-13-11-9-7-2/h34H,6-33H2,1-5H3,(H2-,37,38,40,41,42,43). The molecule has 0 radical (unpaired) electrons.